The van der Waals surface area contributed by atoms with Crippen LogP contribution < -0.4 is 0 Å². The third kappa shape index (κ3) is 2.51. The van der Waals surface area contributed by atoms with E-state index >= 15 is 0 Å². The number of fused-ring (bicyclic) bond motifs is 1. The summed E-state index contributed by atoms with van der Waals surface area (Å²) in [7, 11) is 0. The Kier molecular flexibility index (Phi) is 4.69. The van der Waals surface area contributed by atoms with Crippen molar-refractivity contribution >= 4 is 11.9 Å². The first kappa shape index (κ1) is 18.0. The van der Waals surface area contributed by atoms with Crippen molar-refractivity contribution in [2.45, 2.75) is 40.2 Å². The van der Waals surface area contributed by atoms with Crippen LogP contribution in [-0.4, -0.2) is 31.3 Å². The van der Waals surface area contributed by atoms with Crippen LogP contribution in [0.25, 0.3) is 0 Å². The van der Waals surface area contributed by atoms with Gasteiger partial charge >= 0.3 is 11.9 Å². The molecule has 6 unspecified atom stereocenters. The number of ether oxygens (including phenoxy) is 3. The maximum Gasteiger partial charge on any atom is 0.330 e. The Bertz CT molecular complexity index is 607. The lowest BCUT2D eigenvalue weighted by Gasteiger charge is -2.44. The summed E-state index contributed by atoms with van der Waals surface area (Å²) >= 11 is 0. The number of allylic oxidation sites excluding steroid dienone is 2. The van der Waals surface area contributed by atoms with E-state index in [0.717, 1.165) is 12.2 Å². The summed E-state index contributed by atoms with van der Waals surface area (Å²) in [5.41, 5.74) is -0.582. The fraction of sp³-hybridized carbons (Fsp3) is 0.700. The third-order valence-corrected chi connectivity index (χ3v) is 6.46. The standard InChI is InChI=1S/C20H28O5/c1-6-7-16(21)23-8-9-24-19(22)20(11(2)3)15-10-14-17(20)13(5)25-18(14)12(15)4/h6-7,11-12,14-15,17-18H,5,8-10H2,1-4H3/b7-6+. The fourth-order valence-corrected chi connectivity index (χ4v) is 5.64. The van der Waals surface area contributed by atoms with E-state index in [4.69, 9.17) is 14.2 Å². The monoisotopic (exact) mass is 348 g/mol. The van der Waals surface area contributed by atoms with Crippen LogP contribution in [0.4, 0.5) is 0 Å². The molecule has 0 aromatic carbocycles. The molecule has 0 aromatic heterocycles. The summed E-state index contributed by atoms with van der Waals surface area (Å²) in [4.78, 5) is 24.5. The SMILES string of the molecule is C=C1OC2C(C)C3CC2C1C3(C(=O)OCCOC(=O)/C=C/C)C(C)C. The minimum Gasteiger partial charge on any atom is -0.494 e. The van der Waals surface area contributed by atoms with Crippen molar-refractivity contribution in [3.05, 3.63) is 24.5 Å². The van der Waals surface area contributed by atoms with Crippen LogP contribution in [0.1, 0.15) is 34.1 Å². The zero-order valence-corrected chi connectivity index (χ0v) is 15.5. The molecule has 25 heavy (non-hydrogen) atoms. The molecule has 1 heterocycles. The molecule has 0 spiro atoms. The molecule has 3 aliphatic rings. The maximum atomic E-state index is 13.2. The predicted octanol–water partition coefficient (Wildman–Crippen LogP) is 3.11. The highest BCUT2D eigenvalue weighted by molar-refractivity contribution is 5.82. The molecule has 0 amide bonds. The quantitative estimate of drug-likeness (QED) is 0.419. The van der Waals surface area contributed by atoms with Gasteiger partial charge in [0.25, 0.3) is 0 Å². The second-order valence-electron chi connectivity index (χ2n) is 7.78. The minimum atomic E-state index is -0.582. The average molecular weight is 348 g/mol. The molecule has 2 aliphatic carbocycles. The molecule has 0 N–H and O–H groups in total. The van der Waals surface area contributed by atoms with Gasteiger partial charge in [0.05, 0.1) is 11.2 Å². The van der Waals surface area contributed by atoms with Gasteiger partial charge in [-0.2, -0.15) is 0 Å². The van der Waals surface area contributed by atoms with E-state index in [2.05, 4.69) is 27.4 Å². The first-order chi connectivity index (χ1) is 11.9. The Morgan fingerprint density at radius 1 is 1.36 bits per heavy atom. The van der Waals surface area contributed by atoms with Crippen LogP contribution in [0, 0.1) is 35.0 Å². The predicted molar refractivity (Wildman–Crippen MR) is 92.3 cm³/mol. The molecule has 2 bridgehead atoms. The van der Waals surface area contributed by atoms with Gasteiger partial charge in [0, 0.05) is 17.9 Å². The van der Waals surface area contributed by atoms with Crippen LogP contribution in [0.2, 0.25) is 0 Å². The van der Waals surface area contributed by atoms with Crippen molar-refractivity contribution < 1.29 is 23.8 Å². The highest BCUT2D eigenvalue weighted by Crippen LogP contribution is 2.70. The van der Waals surface area contributed by atoms with Gasteiger partial charge in [-0.25, -0.2) is 4.79 Å². The van der Waals surface area contributed by atoms with E-state index in [0.29, 0.717) is 11.8 Å². The average Bonchev–Trinajstić information content (AvgIpc) is 3.14. The Hall–Kier alpha value is -1.78. The number of esters is 2. The smallest absolute Gasteiger partial charge is 0.330 e. The topological polar surface area (TPSA) is 61.8 Å². The lowest BCUT2D eigenvalue weighted by Crippen LogP contribution is -2.51. The Labute approximate surface area is 149 Å². The highest BCUT2D eigenvalue weighted by Gasteiger charge is 2.74. The van der Waals surface area contributed by atoms with Gasteiger partial charge in [0.1, 0.15) is 19.3 Å². The highest BCUT2D eigenvalue weighted by atomic mass is 16.6. The summed E-state index contributed by atoms with van der Waals surface area (Å²) in [5.74, 6) is 1.24. The van der Waals surface area contributed by atoms with Crippen LogP contribution in [0.5, 0.6) is 0 Å². The van der Waals surface area contributed by atoms with Gasteiger partial charge in [-0.15, -0.1) is 0 Å². The second kappa shape index (κ2) is 6.50. The van der Waals surface area contributed by atoms with Gasteiger partial charge in [-0.05, 0) is 31.1 Å². The lowest BCUT2D eigenvalue weighted by molar-refractivity contribution is -0.171. The largest absolute Gasteiger partial charge is 0.494 e. The molecule has 6 atom stereocenters. The molecule has 0 aromatic rings. The summed E-state index contributed by atoms with van der Waals surface area (Å²) < 4.78 is 16.6. The van der Waals surface area contributed by atoms with E-state index in [1.807, 2.05) is 0 Å². The van der Waals surface area contributed by atoms with Gasteiger partial charge in [0.15, 0.2) is 0 Å². The number of carbonyl (C=O) groups excluding carboxylic acids is 2. The van der Waals surface area contributed by atoms with Gasteiger partial charge in [-0.3, -0.25) is 4.79 Å². The zero-order chi connectivity index (χ0) is 18.4. The van der Waals surface area contributed by atoms with Gasteiger partial charge < -0.3 is 14.2 Å². The van der Waals surface area contributed by atoms with Crippen LogP contribution >= 0.6 is 0 Å². The van der Waals surface area contributed by atoms with Crippen LogP contribution in [-0.2, 0) is 23.8 Å². The molecule has 3 rings (SSSR count). The molecule has 5 nitrogen and oxygen atoms in total. The van der Waals surface area contributed by atoms with E-state index in [1.54, 1.807) is 13.0 Å². The zero-order valence-electron chi connectivity index (χ0n) is 15.5. The fourth-order valence-electron chi connectivity index (χ4n) is 5.64. The van der Waals surface area contributed by atoms with Crippen LogP contribution in [0.3, 0.4) is 0 Å². The number of hydrogen-bond donors (Lipinski definition) is 0. The van der Waals surface area contributed by atoms with Crippen LogP contribution in [0.15, 0.2) is 24.5 Å². The van der Waals surface area contributed by atoms with Crippen molar-refractivity contribution in [1.29, 1.82) is 0 Å². The molecule has 1 aliphatic heterocycles. The number of carbonyl (C=O) groups is 2. The molecular formula is C20H28O5. The van der Waals surface area contributed by atoms with Crippen molar-refractivity contribution in [2.75, 3.05) is 13.2 Å². The molecular weight excluding hydrogens is 320 g/mol. The molecule has 138 valence electrons. The summed E-state index contributed by atoms with van der Waals surface area (Å²) in [5, 5.41) is 0. The summed E-state index contributed by atoms with van der Waals surface area (Å²) in [6.07, 6.45) is 4.15. The lowest BCUT2D eigenvalue weighted by atomic mass is 9.57. The van der Waals surface area contributed by atoms with Gasteiger partial charge in [0.2, 0.25) is 0 Å². The van der Waals surface area contributed by atoms with E-state index in [1.165, 1.54) is 6.08 Å². The van der Waals surface area contributed by atoms with E-state index in [-0.39, 0.29) is 43.0 Å². The number of hydrogen-bond acceptors (Lipinski definition) is 5. The maximum absolute atomic E-state index is 13.2. The first-order valence-electron chi connectivity index (χ1n) is 9.17. The second-order valence-corrected chi connectivity index (χ2v) is 7.78. The number of rotatable bonds is 6. The first-order valence-corrected chi connectivity index (χ1v) is 9.17. The molecule has 0 radical (unpaired) electrons. The summed E-state index contributed by atoms with van der Waals surface area (Å²) in [6, 6.07) is 0. The summed E-state index contributed by atoms with van der Waals surface area (Å²) in [6.45, 7) is 12.3. The minimum absolute atomic E-state index is 0.0387. The molecule has 1 saturated heterocycles. The van der Waals surface area contributed by atoms with Crippen molar-refractivity contribution in [1.82, 2.24) is 0 Å². The molecule has 2 saturated carbocycles. The van der Waals surface area contributed by atoms with Crippen molar-refractivity contribution in [3.63, 3.8) is 0 Å². The van der Waals surface area contributed by atoms with Gasteiger partial charge in [-0.1, -0.05) is 33.4 Å². The van der Waals surface area contributed by atoms with E-state index < -0.39 is 11.4 Å². The van der Waals surface area contributed by atoms with Crippen molar-refractivity contribution in [2.24, 2.45) is 35.0 Å². The molecule has 5 heteroatoms. The Balaban J connectivity index is 1.72. The molecule has 3 fully saturated rings. The van der Waals surface area contributed by atoms with E-state index in [9.17, 15) is 9.59 Å². The Morgan fingerprint density at radius 2 is 2.04 bits per heavy atom. The van der Waals surface area contributed by atoms with Crippen molar-refractivity contribution in [3.8, 4) is 0 Å². The Morgan fingerprint density at radius 3 is 2.68 bits per heavy atom. The normalized spacial score (nSPS) is 38.4. The third-order valence-electron chi connectivity index (χ3n) is 6.46.